The van der Waals surface area contributed by atoms with Gasteiger partial charge in [-0.25, -0.2) is 4.79 Å². The maximum atomic E-state index is 12.9. The predicted molar refractivity (Wildman–Crippen MR) is 127 cm³/mol. The second-order valence-corrected chi connectivity index (χ2v) is 9.70. The number of aryl methyl sites for hydroxylation is 3. The standard InChI is InChI=1S/C24H30N4O4S/c1-17-6-7-19(33-17)16-27-9-8-20-23(24(30)31-3)21(13-22(29)28(20)11-10-27)32-12-4-5-18-14-25-26(2)15-18/h6-7,13-15H,4-5,8-12,16H2,1-3H3. The summed E-state index contributed by atoms with van der Waals surface area (Å²) in [5.74, 6) is -0.157. The highest BCUT2D eigenvalue weighted by molar-refractivity contribution is 7.11. The number of nitrogens with zero attached hydrogens (tertiary/aromatic N) is 4. The van der Waals surface area contributed by atoms with Gasteiger partial charge in [-0.2, -0.15) is 5.10 Å². The van der Waals surface area contributed by atoms with Crippen LogP contribution in [0, 0.1) is 6.92 Å². The molecule has 4 heterocycles. The summed E-state index contributed by atoms with van der Waals surface area (Å²) in [4.78, 5) is 30.6. The van der Waals surface area contributed by atoms with Crippen LogP contribution in [0.1, 0.15) is 37.8 Å². The van der Waals surface area contributed by atoms with Gasteiger partial charge in [0.2, 0.25) is 0 Å². The van der Waals surface area contributed by atoms with Crippen LogP contribution in [0.25, 0.3) is 0 Å². The van der Waals surface area contributed by atoms with Crippen LogP contribution < -0.4 is 10.3 Å². The van der Waals surface area contributed by atoms with Crippen molar-refractivity contribution in [2.24, 2.45) is 7.05 Å². The summed E-state index contributed by atoms with van der Waals surface area (Å²) in [6.07, 6.45) is 5.94. The average Bonchev–Trinajstić information content (AvgIpc) is 3.33. The Bertz CT molecular complexity index is 1180. The van der Waals surface area contributed by atoms with E-state index < -0.39 is 5.97 Å². The fourth-order valence-electron chi connectivity index (χ4n) is 4.24. The molecule has 0 aliphatic carbocycles. The Morgan fingerprint density at radius 2 is 2.09 bits per heavy atom. The topological polar surface area (TPSA) is 78.6 Å². The summed E-state index contributed by atoms with van der Waals surface area (Å²) < 4.78 is 14.5. The van der Waals surface area contributed by atoms with Crippen molar-refractivity contribution >= 4 is 17.3 Å². The van der Waals surface area contributed by atoms with Crippen molar-refractivity contribution in [2.75, 3.05) is 26.8 Å². The molecule has 1 aliphatic heterocycles. The first-order valence-electron chi connectivity index (χ1n) is 11.2. The fourth-order valence-corrected chi connectivity index (χ4v) is 5.17. The van der Waals surface area contributed by atoms with Crippen molar-refractivity contribution < 1.29 is 14.3 Å². The number of pyridine rings is 1. The third-order valence-electron chi connectivity index (χ3n) is 5.88. The maximum Gasteiger partial charge on any atom is 0.343 e. The molecule has 3 aromatic rings. The molecule has 0 spiro atoms. The Morgan fingerprint density at radius 3 is 2.79 bits per heavy atom. The van der Waals surface area contributed by atoms with Gasteiger partial charge in [-0.05, 0) is 37.5 Å². The van der Waals surface area contributed by atoms with Crippen LogP contribution in [0.15, 0.2) is 35.4 Å². The normalized spacial score (nSPS) is 14.0. The van der Waals surface area contributed by atoms with Gasteiger partial charge in [0.05, 0.1) is 19.9 Å². The minimum atomic E-state index is -0.469. The van der Waals surface area contributed by atoms with Crippen molar-refractivity contribution in [2.45, 2.75) is 39.3 Å². The number of rotatable bonds is 8. The minimum absolute atomic E-state index is 0.145. The van der Waals surface area contributed by atoms with Crippen LogP contribution in [-0.4, -0.2) is 52.0 Å². The lowest BCUT2D eigenvalue weighted by molar-refractivity contribution is 0.0593. The number of aromatic nitrogens is 3. The van der Waals surface area contributed by atoms with Crippen molar-refractivity contribution in [1.82, 2.24) is 19.2 Å². The van der Waals surface area contributed by atoms with Crippen LogP contribution in [0.3, 0.4) is 0 Å². The first-order chi connectivity index (χ1) is 15.9. The third-order valence-corrected chi connectivity index (χ3v) is 6.86. The molecule has 0 atom stereocenters. The van der Waals surface area contributed by atoms with E-state index in [1.54, 1.807) is 20.6 Å². The van der Waals surface area contributed by atoms with Crippen molar-refractivity contribution in [1.29, 1.82) is 0 Å². The summed E-state index contributed by atoms with van der Waals surface area (Å²) in [7, 11) is 3.24. The number of carbonyl (C=O) groups excluding carboxylic acids is 1. The molecule has 0 aromatic carbocycles. The van der Waals surface area contributed by atoms with Crippen LogP contribution >= 0.6 is 11.3 Å². The Kier molecular flexibility index (Phi) is 7.29. The van der Waals surface area contributed by atoms with E-state index in [1.165, 1.54) is 22.9 Å². The number of esters is 1. The summed E-state index contributed by atoms with van der Waals surface area (Å²) in [6, 6.07) is 5.71. The molecule has 0 unspecified atom stereocenters. The Morgan fingerprint density at radius 1 is 1.24 bits per heavy atom. The number of thiophene rings is 1. The van der Waals surface area contributed by atoms with Gasteiger partial charge in [-0.15, -0.1) is 11.3 Å². The van der Waals surface area contributed by atoms with Gasteiger partial charge in [-0.1, -0.05) is 0 Å². The van der Waals surface area contributed by atoms with Gasteiger partial charge in [-0.3, -0.25) is 14.4 Å². The molecule has 0 bridgehead atoms. The average molecular weight is 471 g/mol. The van der Waals surface area contributed by atoms with E-state index in [-0.39, 0.29) is 5.56 Å². The predicted octanol–water partition coefficient (Wildman–Crippen LogP) is 2.81. The molecule has 8 nitrogen and oxygen atoms in total. The zero-order chi connectivity index (χ0) is 23.4. The molecule has 9 heteroatoms. The number of fused-ring (bicyclic) bond motifs is 1. The molecule has 0 radical (unpaired) electrons. The van der Waals surface area contributed by atoms with Crippen LogP contribution in [0.4, 0.5) is 0 Å². The zero-order valence-corrected chi connectivity index (χ0v) is 20.2. The largest absolute Gasteiger partial charge is 0.492 e. The quantitative estimate of drug-likeness (QED) is 0.372. The van der Waals surface area contributed by atoms with E-state index in [9.17, 15) is 9.59 Å². The number of hydrogen-bond donors (Lipinski definition) is 0. The van der Waals surface area contributed by atoms with Gasteiger partial charge >= 0.3 is 5.97 Å². The second-order valence-electron chi connectivity index (χ2n) is 8.32. The molecule has 3 aromatic heterocycles. The minimum Gasteiger partial charge on any atom is -0.492 e. The molecule has 176 valence electrons. The summed E-state index contributed by atoms with van der Waals surface area (Å²) in [5.41, 5.74) is 2.04. The van der Waals surface area contributed by atoms with Crippen LogP contribution in [0.2, 0.25) is 0 Å². The molecule has 0 fully saturated rings. The SMILES string of the molecule is COC(=O)c1c(OCCCc2cnn(C)c2)cc(=O)n2c1CCN(Cc1ccc(C)s1)CC2. The molecule has 4 rings (SSSR count). The molecule has 0 saturated carbocycles. The van der Waals surface area contributed by atoms with E-state index in [0.29, 0.717) is 36.6 Å². The highest BCUT2D eigenvalue weighted by atomic mass is 32.1. The highest BCUT2D eigenvalue weighted by Gasteiger charge is 2.26. The lowest BCUT2D eigenvalue weighted by atomic mass is 10.1. The van der Waals surface area contributed by atoms with E-state index in [4.69, 9.17) is 9.47 Å². The Labute approximate surface area is 197 Å². The molecule has 1 aliphatic rings. The Balaban J connectivity index is 1.50. The molecular formula is C24H30N4O4S. The van der Waals surface area contributed by atoms with E-state index >= 15 is 0 Å². The molecular weight excluding hydrogens is 440 g/mol. The van der Waals surface area contributed by atoms with E-state index in [1.807, 2.05) is 19.4 Å². The van der Waals surface area contributed by atoms with Crippen LogP contribution in [-0.2, 0) is 37.7 Å². The first kappa shape index (κ1) is 23.3. The summed E-state index contributed by atoms with van der Waals surface area (Å²) >= 11 is 1.79. The van der Waals surface area contributed by atoms with Crippen molar-refractivity contribution in [3.05, 3.63) is 67.5 Å². The maximum absolute atomic E-state index is 12.9. The molecule has 0 N–H and O–H groups in total. The lowest BCUT2D eigenvalue weighted by Gasteiger charge is -2.18. The number of hydrogen-bond acceptors (Lipinski definition) is 7. The number of methoxy groups -OCH3 is 1. The highest BCUT2D eigenvalue weighted by Crippen LogP contribution is 2.25. The number of ether oxygens (including phenoxy) is 2. The second kappa shape index (κ2) is 10.4. The van der Waals surface area contributed by atoms with Gasteiger partial charge < -0.3 is 14.0 Å². The smallest absolute Gasteiger partial charge is 0.343 e. The number of carbonyl (C=O) groups is 1. The lowest BCUT2D eigenvalue weighted by Crippen LogP contribution is -2.29. The molecule has 0 saturated heterocycles. The van der Waals surface area contributed by atoms with Gasteiger partial charge in [0.15, 0.2) is 0 Å². The van der Waals surface area contributed by atoms with Gasteiger partial charge in [0.1, 0.15) is 11.3 Å². The third kappa shape index (κ3) is 5.54. The van der Waals surface area contributed by atoms with Gasteiger partial charge in [0, 0.05) is 67.4 Å². The first-order valence-corrected chi connectivity index (χ1v) is 12.0. The van der Waals surface area contributed by atoms with E-state index in [0.717, 1.165) is 38.0 Å². The van der Waals surface area contributed by atoms with Crippen molar-refractivity contribution in [3.63, 3.8) is 0 Å². The monoisotopic (exact) mass is 470 g/mol. The molecule has 33 heavy (non-hydrogen) atoms. The summed E-state index contributed by atoms with van der Waals surface area (Å²) in [6.45, 7) is 5.37. The molecule has 0 amide bonds. The Hall–Kier alpha value is -2.91. The zero-order valence-electron chi connectivity index (χ0n) is 19.4. The van der Waals surface area contributed by atoms with Crippen molar-refractivity contribution in [3.8, 4) is 5.75 Å². The summed E-state index contributed by atoms with van der Waals surface area (Å²) in [5, 5.41) is 4.17. The van der Waals surface area contributed by atoms with Gasteiger partial charge in [0.25, 0.3) is 5.56 Å². The fraction of sp³-hybridized carbons (Fsp3) is 0.458. The van der Waals surface area contributed by atoms with Crippen LogP contribution in [0.5, 0.6) is 5.75 Å². The van der Waals surface area contributed by atoms with E-state index in [2.05, 4.69) is 29.1 Å².